The van der Waals surface area contributed by atoms with Crippen molar-refractivity contribution >= 4 is 35.7 Å². The highest BCUT2D eigenvalue weighted by molar-refractivity contribution is 5.93. The van der Waals surface area contributed by atoms with Gasteiger partial charge in [-0.2, -0.15) is 0 Å². The first-order valence-electron chi connectivity index (χ1n) is 7.74. The molecule has 0 aliphatic carbocycles. The number of carbonyl (C=O) groups excluding carboxylic acids is 4. The number of amides is 5. The normalized spacial score (nSPS) is 13.4. The largest absolute Gasteiger partial charge is 0.481 e. The maximum Gasteiger partial charge on any atom is 0.326 e. The number of hydrazine groups is 1. The number of carboxylic acid groups (broad SMARTS) is 2. The number of rotatable bonds is 11. The maximum absolute atomic E-state index is 12.0. The number of primary amides is 1. The molecule has 3 atom stereocenters. The van der Waals surface area contributed by atoms with Gasteiger partial charge < -0.3 is 37.4 Å². The third-order valence-corrected chi connectivity index (χ3v) is 3.12. The summed E-state index contributed by atoms with van der Waals surface area (Å²) in [6.45, 7) is -0.708. The number of hydrogen-bond acceptors (Lipinski definition) is 8. The molecule has 0 saturated heterocycles. The Bertz CT molecular complexity index is 626. The summed E-state index contributed by atoms with van der Waals surface area (Å²) < 4.78 is 0. The first kappa shape index (κ1) is 24.5. The molecule has 0 heterocycles. The molecule has 158 valence electrons. The summed E-state index contributed by atoms with van der Waals surface area (Å²) >= 11 is 0. The zero-order valence-corrected chi connectivity index (χ0v) is 14.5. The van der Waals surface area contributed by atoms with Gasteiger partial charge in [-0.25, -0.2) is 9.59 Å². The molecule has 5 amide bonds. The van der Waals surface area contributed by atoms with Crippen LogP contribution in [0.5, 0.6) is 0 Å². The number of aliphatic carboxylic acids is 2. The van der Waals surface area contributed by atoms with E-state index in [0.29, 0.717) is 0 Å². The molecule has 0 radical (unpaired) electrons. The molecule has 0 saturated carbocycles. The second-order valence-electron chi connectivity index (χ2n) is 5.43. The summed E-state index contributed by atoms with van der Waals surface area (Å²) in [5.41, 5.74) is 13.9. The topological polar surface area (TPSA) is 263 Å². The molecule has 0 aromatic heterocycles. The Kier molecular flexibility index (Phi) is 10.5. The second kappa shape index (κ2) is 12.0. The summed E-state index contributed by atoms with van der Waals surface area (Å²) in [6.07, 6.45) is -1.67. The van der Waals surface area contributed by atoms with E-state index in [0.717, 1.165) is 0 Å². The predicted molar refractivity (Wildman–Crippen MR) is 88.9 cm³/mol. The Labute approximate surface area is 157 Å². The summed E-state index contributed by atoms with van der Waals surface area (Å²) in [5.74, 6) is -5.85. The second-order valence-corrected chi connectivity index (χ2v) is 5.43. The molecule has 0 spiro atoms. The average Bonchev–Trinajstić information content (AvgIpc) is 2.60. The van der Waals surface area contributed by atoms with Gasteiger partial charge in [-0.1, -0.05) is 0 Å². The average molecular weight is 406 g/mol. The van der Waals surface area contributed by atoms with E-state index in [-0.39, 0.29) is 0 Å². The first-order valence-corrected chi connectivity index (χ1v) is 7.74. The number of aliphatic hydroxyl groups excluding tert-OH is 1. The van der Waals surface area contributed by atoms with E-state index in [2.05, 4.69) is 0 Å². The fourth-order valence-corrected chi connectivity index (χ4v) is 1.68. The fourth-order valence-electron chi connectivity index (χ4n) is 1.68. The minimum atomic E-state index is -1.60. The Morgan fingerprint density at radius 1 is 0.893 bits per heavy atom. The van der Waals surface area contributed by atoms with Crippen molar-refractivity contribution in [3.63, 3.8) is 0 Å². The van der Waals surface area contributed by atoms with Crippen LogP contribution in [0.1, 0.15) is 19.3 Å². The fraction of sp³-hybridized carbons (Fsp3) is 0.538. The molecule has 0 aliphatic rings. The van der Waals surface area contributed by atoms with Gasteiger partial charge in [0.05, 0.1) is 13.0 Å². The quantitative estimate of drug-likeness (QED) is 0.148. The van der Waals surface area contributed by atoms with Crippen LogP contribution >= 0.6 is 0 Å². The molecular weight excluding hydrogens is 384 g/mol. The van der Waals surface area contributed by atoms with Gasteiger partial charge in [0, 0.05) is 6.42 Å². The van der Waals surface area contributed by atoms with Crippen LogP contribution in [0.4, 0.5) is 4.79 Å². The number of aliphatic hydroxyl groups is 1. The number of nitrogens with two attached hydrogens (primary N) is 2. The van der Waals surface area contributed by atoms with Crippen molar-refractivity contribution in [2.75, 3.05) is 6.61 Å². The molecule has 15 heteroatoms. The summed E-state index contributed by atoms with van der Waals surface area (Å²) in [6, 6.07) is -5.71. The summed E-state index contributed by atoms with van der Waals surface area (Å²) in [4.78, 5) is 67.9. The third kappa shape index (κ3) is 9.88. The van der Waals surface area contributed by atoms with Crippen LogP contribution in [-0.4, -0.2) is 75.7 Å². The van der Waals surface area contributed by atoms with Gasteiger partial charge in [-0.3, -0.25) is 30.0 Å². The van der Waals surface area contributed by atoms with E-state index < -0.39 is 79.7 Å². The number of carboxylic acids is 2. The third-order valence-electron chi connectivity index (χ3n) is 3.12. The van der Waals surface area contributed by atoms with Gasteiger partial charge in [-0.15, -0.1) is 0 Å². The highest BCUT2D eigenvalue weighted by Crippen LogP contribution is 1.99. The van der Waals surface area contributed by atoms with Crippen molar-refractivity contribution in [2.45, 2.75) is 37.4 Å². The van der Waals surface area contributed by atoms with Crippen LogP contribution in [0.25, 0.3) is 0 Å². The van der Waals surface area contributed by atoms with E-state index in [9.17, 15) is 28.8 Å². The van der Waals surface area contributed by atoms with Gasteiger partial charge in [0.25, 0.3) is 11.8 Å². The van der Waals surface area contributed by atoms with Crippen molar-refractivity contribution < 1.29 is 44.1 Å². The minimum absolute atomic E-state index is 0.431. The zero-order chi connectivity index (χ0) is 21.9. The van der Waals surface area contributed by atoms with Crippen LogP contribution in [0.15, 0.2) is 0 Å². The van der Waals surface area contributed by atoms with Gasteiger partial charge in [0.2, 0.25) is 5.91 Å². The molecule has 28 heavy (non-hydrogen) atoms. The number of hydrogen-bond donors (Lipinski definition) is 9. The van der Waals surface area contributed by atoms with Gasteiger partial charge in [-0.05, 0) is 6.42 Å². The summed E-state index contributed by atoms with van der Waals surface area (Å²) in [7, 11) is 0. The molecule has 0 fully saturated rings. The van der Waals surface area contributed by atoms with E-state index in [1.54, 1.807) is 0 Å². The van der Waals surface area contributed by atoms with E-state index >= 15 is 0 Å². The van der Waals surface area contributed by atoms with Gasteiger partial charge in [0.1, 0.15) is 18.1 Å². The van der Waals surface area contributed by atoms with Crippen LogP contribution < -0.4 is 33.0 Å². The maximum atomic E-state index is 12.0. The van der Waals surface area contributed by atoms with Crippen LogP contribution in [-0.2, 0) is 24.0 Å². The summed E-state index contributed by atoms with van der Waals surface area (Å²) in [5, 5.41) is 30.2. The van der Waals surface area contributed by atoms with E-state index in [4.69, 9.17) is 26.8 Å². The Morgan fingerprint density at radius 3 is 1.89 bits per heavy atom. The van der Waals surface area contributed by atoms with Gasteiger partial charge in [0.15, 0.2) is 0 Å². The lowest BCUT2D eigenvalue weighted by Gasteiger charge is -2.20. The highest BCUT2D eigenvalue weighted by atomic mass is 16.4. The monoisotopic (exact) mass is 406 g/mol. The molecule has 3 unspecified atom stereocenters. The SMILES string of the molecule is NC(=O)CC(NC(=O)NC(CCC(=O)O)C(=O)O)C(=O)NNC(=O)C(N)CO. The van der Waals surface area contributed by atoms with Crippen molar-refractivity contribution in [1.82, 2.24) is 21.5 Å². The van der Waals surface area contributed by atoms with Crippen molar-refractivity contribution in [2.24, 2.45) is 11.5 Å². The molecule has 15 nitrogen and oxygen atoms in total. The highest BCUT2D eigenvalue weighted by Gasteiger charge is 2.27. The molecule has 11 N–H and O–H groups in total. The van der Waals surface area contributed by atoms with Crippen molar-refractivity contribution in [3.05, 3.63) is 0 Å². The minimum Gasteiger partial charge on any atom is -0.481 e. The number of carbonyl (C=O) groups is 6. The molecule has 0 aromatic carbocycles. The van der Waals surface area contributed by atoms with E-state index in [1.165, 1.54) is 0 Å². The van der Waals surface area contributed by atoms with Crippen LogP contribution in [0, 0.1) is 0 Å². The van der Waals surface area contributed by atoms with Crippen LogP contribution in [0.2, 0.25) is 0 Å². The smallest absolute Gasteiger partial charge is 0.326 e. The number of urea groups is 1. The lowest BCUT2D eigenvalue weighted by Crippen LogP contribution is -2.58. The lowest BCUT2D eigenvalue weighted by atomic mass is 10.1. The molecule has 0 bridgehead atoms. The van der Waals surface area contributed by atoms with Crippen LogP contribution in [0.3, 0.4) is 0 Å². The Hall–Kier alpha value is -3.46. The van der Waals surface area contributed by atoms with Gasteiger partial charge >= 0.3 is 18.0 Å². The Balaban J connectivity index is 4.91. The molecule has 0 aliphatic heterocycles. The standard InChI is InChI=1S/C13H22N6O9/c14-5(4-20)10(24)18-19-11(25)7(3-8(15)21)17-13(28)16-6(12(26)27)1-2-9(22)23/h5-7,20H,1-4,14H2,(H2,15,21)(H,18,24)(H,19,25)(H,22,23)(H,26,27)(H2,16,17,28). The first-order chi connectivity index (χ1) is 13.0. The Morgan fingerprint density at radius 2 is 1.43 bits per heavy atom. The molecular formula is C13H22N6O9. The van der Waals surface area contributed by atoms with Crippen molar-refractivity contribution in [3.8, 4) is 0 Å². The molecule has 0 aromatic rings. The predicted octanol–water partition coefficient (Wildman–Crippen LogP) is -4.69. The lowest BCUT2D eigenvalue weighted by molar-refractivity contribution is -0.140. The number of nitrogens with one attached hydrogen (secondary N) is 4. The zero-order valence-electron chi connectivity index (χ0n) is 14.5. The molecule has 0 rings (SSSR count). The van der Waals surface area contributed by atoms with E-state index in [1.807, 2.05) is 21.5 Å². The van der Waals surface area contributed by atoms with Crippen molar-refractivity contribution in [1.29, 1.82) is 0 Å².